The third-order valence-electron chi connectivity index (χ3n) is 16.5. The van der Waals surface area contributed by atoms with Gasteiger partial charge in [-0.15, -0.1) is 10.2 Å². The minimum absolute atomic E-state index is 0.00612. The number of anilines is 3. The Morgan fingerprint density at radius 2 is 1.57 bits per heavy atom. The molecule has 1 aromatic carbocycles. The van der Waals surface area contributed by atoms with E-state index in [0.717, 1.165) is 86.4 Å². The zero-order valence-corrected chi connectivity index (χ0v) is 39.9. The van der Waals surface area contributed by atoms with Crippen LogP contribution in [-0.2, 0) is 10.3 Å². The van der Waals surface area contributed by atoms with Crippen molar-refractivity contribution < 1.29 is 28.6 Å². The molecule has 3 saturated carbocycles. The minimum atomic E-state index is -1.04. The van der Waals surface area contributed by atoms with Crippen LogP contribution >= 0.6 is 0 Å². The molecule has 70 heavy (non-hydrogen) atoms. The van der Waals surface area contributed by atoms with Crippen molar-refractivity contribution in [1.29, 1.82) is 0 Å². The zero-order chi connectivity index (χ0) is 48.4. The third-order valence-corrected chi connectivity index (χ3v) is 16.5. The fourth-order valence-corrected chi connectivity index (χ4v) is 12.8. The number of ether oxygens (including phenoxy) is 1. The molecule has 4 N–H and O–H groups in total. The van der Waals surface area contributed by atoms with Crippen LogP contribution in [0.15, 0.2) is 67.0 Å². The first-order valence-electron chi connectivity index (χ1n) is 24.7. The van der Waals surface area contributed by atoms with Crippen LogP contribution in [0.1, 0.15) is 95.5 Å². The highest BCUT2D eigenvalue weighted by Gasteiger charge is 2.69. The molecule has 364 valence electrons. The highest BCUT2D eigenvalue weighted by atomic mass is 19.1. The van der Waals surface area contributed by atoms with Crippen LogP contribution in [0.3, 0.4) is 0 Å². The summed E-state index contributed by atoms with van der Waals surface area (Å²) in [5.41, 5.74) is 11.8. The van der Waals surface area contributed by atoms with E-state index >= 15 is 0 Å². The van der Waals surface area contributed by atoms with Crippen molar-refractivity contribution in [2.24, 2.45) is 23.2 Å². The van der Waals surface area contributed by atoms with Crippen LogP contribution in [0.25, 0.3) is 11.3 Å². The number of pyridine rings is 3. The first-order chi connectivity index (χ1) is 33.8. The number of urea groups is 1. The molecule has 19 heteroatoms. The van der Waals surface area contributed by atoms with Gasteiger partial charge < -0.3 is 40.5 Å². The lowest BCUT2D eigenvalue weighted by molar-refractivity contribution is -0.0733. The molecule has 3 aliphatic carbocycles. The summed E-state index contributed by atoms with van der Waals surface area (Å²) in [6.45, 7) is 14.1. The van der Waals surface area contributed by atoms with E-state index in [0.29, 0.717) is 66.3 Å². The van der Waals surface area contributed by atoms with Crippen molar-refractivity contribution in [1.82, 2.24) is 49.3 Å². The predicted molar refractivity (Wildman–Crippen MR) is 257 cm³/mol. The second-order valence-corrected chi connectivity index (χ2v) is 20.9. The number of carbonyl (C=O) groups excluding carboxylic acids is 2. The van der Waals surface area contributed by atoms with E-state index in [2.05, 4.69) is 55.4 Å². The number of halogens is 1. The number of fused-ring (bicyclic) bond motifs is 4. The molecule has 2 spiro atoms. The number of nitrogens with zero attached hydrogens (tertiary/aromatic N) is 11. The van der Waals surface area contributed by atoms with E-state index in [1.165, 1.54) is 18.6 Å². The molecule has 6 saturated heterocycles. The Morgan fingerprint density at radius 3 is 2.26 bits per heavy atom. The van der Waals surface area contributed by atoms with Crippen molar-refractivity contribution in [3.05, 3.63) is 107 Å². The number of carboxylic acid groups (broad SMARTS) is 1. The van der Waals surface area contributed by atoms with Gasteiger partial charge in [0.1, 0.15) is 11.6 Å². The van der Waals surface area contributed by atoms with Crippen LogP contribution in [0.2, 0.25) is 0 Å². The van der Waals surface area contributed by atoms with E-state index in [-0.39, 0.29) is 46.3 Å². The number of hydrogen-bond acceptors (Lipinski definition) is 12. The number of nitrogens with one attached hydrogen (secondary N) is 1. The smallest absolute Gasteiger partial charge is 0.354 e. The standard InChI is InChI=1S/C29H31FN6O2.C20H21N7O3.C2H6/c1-17-9-21(34-14-27(15-34)6-5-22(27)18-3-2-4-20(30)10-18)12-36-24(17)31-25(33-36)29-11-19(13-38-29)23(29)35-16-28(7-8-28)32-26(35)37;1-11-5-14(21)10-27-18(11)23-17(24-27)19(28)26-8-12-6-25(7-13(12)9-26)16-4-2-3-15(22-16)20(29)30;1-2/h2-4,9-10,12,19,22-23H,5-8,11,13-16H2,1H3,(H,32,37);2-5,10,12-13H,6-9,21H2,1H3,(H,29,30);1-2H3. The number of aryl methyl sites for hydroxylation is 2. The Balaban J connectivity index is 0.000000143. The number of rotatable bonds is 7. The number of aromatic nitrogens is 7. The van der Waals surface area contributed by atoms with E-state index in [9.17, 15) is 18.8 Å². The number of amides is 3. The molecule has 6 aliphatic heterocycles. The molecule has 3 amide bonds. The first kappa shape index (κ1) is 44.3. The van der Waals surface area contributed by atoms with E-state index in [1.807, 2.05) is 42.3 Å². The molecule has 6 unspecified atom stereocenters. The summed E-state index contributed by atoms with van der Waals surface area (Å²) in [4.78, 5) is 58.9. The van der Waals surface area contributed by atoms with Crippen molar-refractivity contribution >= 4 is 46.4 Å². The normalized spacial score (nSPS) is 27.1. The quantitative estimate of drug-likeness (QED) is 0.177. The average Bonchev–Trinajstić information content (AvgIpc) is 4.06. The molecule has 2 bridgehead atoms. The number of carbonyl (C=O) groups is 3. The lowest BCUT2D eigenvalue weighted by Crippen LogP contribution is -2.63. The maximum absolute atomic E-state index is 13.9. The topological polar surface area (TPSA) is 205 Å². The van der Waals surface area contributed by atoms with Crippen molar-refractivity contribution in [2.75, 3.05) is 68.0 Å². The Hall–Kier alpha value is -6.89. The maximum Gasteiger partial charge on any atom is 0.354 e. The fourth-order valence-electron chi connectivity index (χ4n) is 12.8. The Labute approximate surface area is 404 Å². The molecule has 5 aromatic heterocycles. The molecule has 18 nitrogen and oxygen atoms in total. The van der Waals surface area contributed by atoms with Gasteiger partial charge in [0.05, 0.1) is 42.0 Å². The van der Waals surface area contributed by atoms with Gasteiger partial charge in [0.15, 0.2) is 28.4 Å². The largest absolute Gasteiger partial charge is 0.477 e. The van der Waals surface area contributed by atoms with E-state index < -0.39 is 11.6 Å². The summed E-state index contributed by atoms with van der Waals surface area (Å²) in [6.07, 6.45) is 9.05. The van der Waals surface area contributed by atoms with Gasteiger partial charge in [-0.05, 0) is 105 Å². The van der Waals surface area contributed by atoms with Crippen LogP contribution < -0.4 is 20.9 Å². The Bertz CT molecular complexity index is 3090. The lowest BCUT2D eigenvalue weighted by atomic mass is 9.53. The molecule has 11 heterocycles. The lowest BCUT2D eigenvalue weighted by Gasteiger charge is -2.61. The molecule has 6 aromatic rings. The fraction of sp³-hybridized carbons (Fsp3) is 0.490. The summed E-state index contributed by atoms with van der Waals surface area (Å²) >= 11 is 0. The number of benzene rings is 1. The molecular formula is C51H58FN13O5. The highest BCUT2D eigenvalue weighted by Crippen LogP contribution is 2.60. The van der Waals surface area contributed by atoms with Gasteiger partial charge >= 0.3 is 12.0 Å². The van der Waals surface area contributed by atoms with Gasteiger partial charge in [-0.3, -0.25) is 4.79 Å². The van der Waals surface area contributed by atoms with Gasteiger partial charge in [0.25, 0.3) is 5.91 Å². The van der Waals surface area contributed by atoms with Crippen LogP contribution in [0, 0.1) is 42.8 Å². The zero-order valence-electron chi connectivity index (χ0n) is 39.9. The van der Waals surface area contributed by atoms with Gasteiger partial charge in [-0.25, -0.2) is 38.0 Å². The number of hydrogen-bond donors (Lipinski definition) is 3. The van der Waals surface area contributed by atoms with Crippen molar-refractivity contribution in [3.8, 4) is 0 Å². The third kappa shape index (κ3) is 7.04. The van der Waals surface area contributed by atoms with Gasteiger partial charge in [0.2, 0.25) is 5.82 Å². The van der Waals surface area contributed by atoms with Crippen molar-refractivity contribution in [3.63, 3.8) is 0 Å². The summed E-state index contributed by atoms with van der Waals surface area (Å²) in [7, 11) is 0. The highest BCUT2D eigenvalue weighted by molar-refractivity contribution is 5.91. The maximum atomic E-state index is 13.9. The minimum Gasteiger partial charge on any atom is -0.477 e. The summed E-state index contributed by atoms with van der Waals surface area (Å²) in [6, 6.07) is 16.2. The van der Waals surface area contributed by atoms with Crippen LogP contribution in [0.5, 0.6) is 0 Å². The number of nitrogens with two attached hydrogens (primary N) is 1. The molecule has 9 aliphatic rings. The SMILES string of the molecule is CC.Cc1cc(N)cn2nc(C(=O)N3CC4CN(c5cccc(C(=O)O)n5)CC4C3)nc12.Cc1cc(N2CC3(CCC3c3cccc(F)c3)C2)cn2nc(C34CC(CO3)C4N3CC4(CC4)NC3=O)nc12. The Kier molecular flexibility index (Phi) is 10.2. The molecule has 6 atom stereocenters. The van der Waals surface area contributed by atoms with E-state index in [4.69, 9.17) is 25.7 Å². The second-order valence-electron chi connectivity index (χ2n) is 20.9. The average molecular weight is 952 g/mol. The van der Waals surface area contributed by atoms with Crippen LogP contribution in [0.4, 0.5) is 26.4 Å². The number of likely N-dealkylation sites (tertiary alicyclic amines) is 1. The van der Waals surface area contributed by atoms with E-state index in [1.54, 1.807) is 33.8 Å². The summed E-state index contributed by atoms with van der Waals surface area (Å²) in [5.74, 6) is 1.57. The molecule has 15 rings (SSSR count). The van der Waals surface area contributed by atoms with Crippen molar-refractivity contribution in [2.45, 2.75) is 82.9 Å². The molecule has 0 radical (unpaired) electrons. The first-order valence-corrected chi connectivity index (χ1v) is 24.7. The monoisotopic (exact) mass is 951 g/mol. The number of aromatic carboxylic acids is 1. The second kappa shape index (κ2) is 16.1. The number of nitrogen functional groups attached to an aromatic ring is 1. The van der Waals surface area contributed by atoms with Gasteiger partial charge in [-0.2, -0.15) is 0 Å². The van der Waals surface area contributed by atoms with Gasteiger partial charge in [0, 0.05) is 69.0 Å². The molecule has 9 fully saturated rings. The number of carboxylic acids is 1. The molecular weight excluding hydrogens is 894 g/mol. The summed E-state index contributed by atoms with van der Waals surface area (Å²) < 4.78 is 23.7. The van der Waals surface area contributed by atoms with Crippen LogP contribution in [-0.4, -0.2) is 131 Å². The summed E-state index contributed by atoms with van der Waals surface area (Å²) in [5, 5.41) is 21.6. The van der Waals surface area contributed by atoms with Gasteiger partial charge in [-0.1, -0.05) is 32.0 Å². The predicted octanol–water partition coefficient (Wildman–Crippen LogP) is 5.68. The Morgan fingerprint density at radius 1 is 0.843 bits per heavy atom.